The van der Waals surface area contributed by atoms with Crippen LogP contribution < -0.4 is 0 Å². The van der Waals surface area contributed by atoms with Gasteiger partial charge in [-0.3, -0.25) is 4.79 Å². The average Bonchev–Trinajstić information content (AvgIpc) is 3.34. The topological polar surface area (TPSA) is 76.8 Å². The van der Waals surface area contributed by atoms with E-state index >= 15 is 0 Å². The van der Waals surface area contributed by atoms with Crippen LogP contribution in [-0.2, 0) is 6.54 Å². The van der Waals surface area contributed by atoms with Gasteiger partial charge in [0, 0.05) is 43.0 Å². The van der Waals surface area contributed by atoms with Crippen molar-refractivity contribution in [1.29, 1.82) is 0 Å². The van der Waals surface area contributed by atoms with Crippen LogP contribution in [0.2, 0.25) is 0 Å². The number of hydrogen-bond donors (Lipinski definition) is 0. The van der Waals surface area contributed by atoms with E-state index in [2.05, 4.69) is 29.9 Å². The molecule has 4 rings (SSSR count). The minimum atomic E-state index is 0.00501. The van der Waals surface area contributed by atoms with Crippen LogP contribution in [0, 0.1) is 6.92 Å². The molecule has 3 aromatic rings. The van der Waals surface area contributed by atoms with Gasteiger partial charge < -0.3 is 9.47 Å². The molecule has 0 bridgehead atoms. The Morgan fingerprint density at radius 3 is 3.08 bits per heavy atom. The first-order valence-electron chi connectivity index (χ1n) is 8.66. The molecule has 1 fully saturated rings. The third kappa shape index (κ3) is 3.37. The van der Waals surface area contributed by atoms with Gasteiger partial charge in [-0.05, 0) is 19.8 Å². The van der Waals surface area contributed by atoms with E-state index in [0.29, 0.717) is 12.1 Å². The fourth-order valence-corrected chi connectivity index (χ4v) is 4.00. The van der Waals surface area contributed by atoms with Gasteiger partial charge in [0.05, 0.1) is 29.0 Å². The number of carbonyl (C=O) groups excluding carboxylic acids is 1. The monoisotopic (exact) mass is 368 g/mol. The van der Waals surface area contributed by atoms with Crippen molar-refractivity contribution in [2.45, 2.75) is 32.2 Å². The van der Waals surface area contributed by atoms with E-state index in [-0.39, 0.29) is 11.8 Å². The molecule has 1 aliphatic heterocycles. The molecule has 0 saturated carbocycles. The molecule has 1 amide bonds. The molecule has 0 radical (unpaired) electrons. The Morgan fingerprint density at radius 2 is 2.27 bits per heavy atom. The van der Waals surface area contributed by atoms with E-state index < -0.39 is 0 Å². The minimum absolute atomic E-state index is 0.00501. The molecule has 1 saturated heterocycles. The smallest absolute Gasteiger partial charge is 0.257 e. The first-order chi connectivity index (χ1) is 12.7. The van der Waals surface area contributed by atoms with Gasteiger partial charge in [-0.2, -0.15) is 0 Å². The molecule has 7 nitrogen and oxygen atoms in total. The summed E-state index contributed by atoms with van der Waals surface area (Å²) in [7, 11) is 0. The largest absolute Gasteiger partial charge is 0.338 e. The molecular formula is C18H20N6OS. The minimum Gasteiger partial charge on any atom is -0.338 e. The fourth-order valence-electron chi connectivity index (χ4n) is 3.45. The lowest BCUT2D eigenvalue weighted by Gasteiger charge is -2.32. The fraction of sp³-hybridized carbons (Fsp3) is 0.389. The van der Waals surface area contributed by atoms with Crippen LogP contribution in [0.25, 0.3) is 0 Å². The summed E-state index contributed by atoms with van der Waals surface area (Å²) in [5.41, 5.74) is 4.18. The van der Waals surface area contributed by atoms with Gasteiger partial charge in [-0.15, -0.1) is 11.3 Å². The van der Waals surface area contributed by atoms with Crippen LogP contribution in [0.3, 0.4) is 0 Å². The van der Waals surface area contributed by atoms with E-state index in [1.165, 1.54) is 6.33 Å². The zero-order chi connectivity index (χ0) is 17.9. The summed E-state index contributed by atoms with van der Waals surface area (Å²) >= 11 is 1.60. The number of imidazole rings is 1. The first kappa shape index (κ1) is 16.8. The Labute approximate surface area is 155 Å². The second-order valence-corrected chi connectivity index (χ2v) is 7.22. The van der Waals surface area contributed by atoms with E-state index in [1.807, 2.05) is 29.7 Å². The maximum Gasteiger partial charge on any atom is 0.257 e. The molecule has 0 N–H and O–H groups in total. The van der Waals surface area contributed by atoms with Gasteiger partial charge in [0.1, 0.15) is 12.2 Å². The van der Waals surface area contributed by atoms with Crippen molar-refractivity contribution in [2.75, 3.05) is 13.1 Å². The van der Waals surface area contributed by atoms with Crippen molar-refractivity contribution in [3.8, 4) is 0 Å². The number of thiazole rings is 1. The first-order valence-corrected chi connectivity index (χ1v) is 9.60. The summed E-state index contributed by atoms with van der Waals surface area (Å²) in [4.78, 5) is 31.9. The summed E-state index contributed by atoms with van der Waals surface area (Å²) < 4.78 is 2.14. The number of piperidine rings is 1. The van der Waals surface area contributed by atoms with Crippen molar-refractivity contribution >= 4 is 17.2 Å². The van der Waals surface area contributed by atoms with E-state index in [4.69, 9.17) is 0 Å². The van der Waals surface area contributed by atoms with Crippen molar-refractivity contribution < 1.29 is 4.79 Å². The molecule has 1 atom stereocenters. The number of aryl methyl sites for hydroxylation is 1. The summed E-state index contributed by atoms with van der Waals surface area (Å²) in [6.45, 7) is 3.99. The summed E-state index contributed by atoms with van der Waals surface area (Å²) in [5, 5.41) is 2.05. The molecule has 1 unspecified atom stereocenters. The number of rotatable bonds is 4. The Balaban J connectivity index is 1.52. The molecule has 3 aromatic heterocycles. The molecule has 0 aromatic carbocycles. The zero-order valence-corrected chi connectivity index (χ0v) is 15.4. The Bertz CT molecular complexity index is 891. The SMILES string of the molecule is Cc1ncncc1C(=O)N1CCCC(c2nccn2Cc2cscn2)C1. The highest BCUT2D eigenvalue weighted by molar-refractivity contribution is 7.07. The number of likely N-dealkylation sites (tertiary alicyclic amines) is 1. The standard InChI is InChI=1S/C18H20N6OS/c1-13-16(7-19-11-21-13)18(25)24-5-2-3-14(8-24)17-20-4-6-23(17)9-15-10-26-12-22-15/h4,6-7,10-12,14H,2-3,5,8-9H2,1H3. The van der Waals surface area contributed by atoms with Crippen LogP contribution in [0.5, 0.6) is 0 Å². The van der Waals surface area contributed by atoms with Crippen molar-refractivity contribution in [2.24, 2.45) is 0 Å². The predicted molar refractivity (Wildman–Crippen MR) is 98.1 cm³/mol. The van der Waals surface area contributed by atoms with Gasteiger partial charge in [0.2, 0.25) is 0 Å². The van der Waals surface area contributed by atoms with Gasteiger partial charge in [-0.25, -0.2) is 19.9 Å². The summed E-state index contributed by atoms with van der Waals surface area (Å²) in [5.74, 6) is 1.26. The molecular weight excluding hydrogens is 348 g/mol. The van der Waals surface area contributed by atoms with Gasteiger partial charge in [0.15, 0.2) is 0 Å². The number of hydrogen-bond acceptors (Lipinski definition) is 6. The normalized spacial score (nSPS) is 17.4. The molecule has 0 spiro atoms. The summed E-state index contributed by atoms with van der Waals surface area (Å²) in [6, 6.07) is 0. The Kier molecular flexibility index (Phi) is 4.75. The van der Waals surface area contributed by atoms with Crippen molar-refractivity contribution in [3.63, 3.8) is 0 Å². The predicted octanol–water partition coefficient (Wildman–Crippen LogP) is 2.51. The third-order valence-electron chi connectivity index (χ3n) is 4.78. The molecule has 134 valence electrons. The lowest BCUT2D eigenvalue weighted by molar-refractivity contribution is 0.0701. The van der Waals surface area contributed by atoms with Gasteiger partial charge >= 0.3 is 0 Å². The molecule has 1 aliphatic rings. The third-order valence-corrected chi connectivity index (χ3v) is 5.41. The number of carbonyl (C=O) groups is 1. The Morgan fingerprint density at radius 1 is 1.35 bits per heavy atom. The van der Waals surface area contributed by atoms with E-state index in [0.717, 1.165) is 43.1 Å². The Hall–Kier alpha value is -2.61. The molecule has 4 heterocycles. The molecule has 0 aliphatic carbocycles. The van der Waals surface area contributed by atoms with Crippen molar-refractivity contribution in [3.05, 3.63) is 58.6 Å². The number of aromatic nitrogens is 5. The highest BCUT2D eigenvalue weighted by Gasteiger charge is 2.29. The van der Waals surface area contributed by atoms with E-state index in [1.54, 1.807) is 17.5 Å². The van der Waals surface area contributed by atoms with Crippen molar-refractivity contribution in [1.82, 2.24) is 29.4 Å². The lowest BCUT2D eigenvalue weighted by Crippen LogP contribution is -2.40. The van der Waals surface area contributed by atoms with Gasteiger partial charge in [-0.1, -0.05) is 0 Å². The van der Waals surface area contributed by atoms with Crippen LogP contribution >= 0.6 is 11.3 Å². The highest BCUT2D eigenvalue weighted by Crippen LogP contribution is 2.27. The zero-order valence-electron chi connectivity index (χ0n) is 14.6. The number of amides is 1. The average molecular weight is 368 g/mol. The van der Waals surface area contributed by atoms with Crippen LogP contribution in [0.4, 0.5) is 0 Å². The maximum absolute atomic E-state index is 12.9. The molecule has 8 heteroatoms. The second-order valence-electron chi connectivity index (χ2n) is 6.51. The summed E-state index contributed by atoms with van der Waals surface area (Å²) in [6.07, 6.45) is 8.90. The van der Waals surface area contributed by atoms with Crippen LogP contribution in [0.15, 0.2) is 35.8 Å². The highest BCUT2D eigenvalue weighted by atomic mass is 32.1. The lowest BCUT2D eigenvalue weighted by atomic mass is 9.96. The molecule has 26 heavy (non-hydrogen) atoms. The number of nitrogens with zero attached hydrogens (tertiary/aromatic N) is 6. The van der Waals surface area contributed by atoms with Crippen LogP contribution in [0.1, 0.15) is 46.3 Å². The maximum atomic E-state index is 12.9. The quantitative estimate of drug-likeness (QED) is 0.707. The second kappa shape index (κ2) is 7.33. The van der Waals surface area contributed by atoms with Gasteiger partial charge in [0.25, 0.3) is 5.91 Å². The van der Waals surface area contributed by atoms with Crippen LogP contribution in [-0.4, -0.2) is 48.4 Å². The van der Waals surface area contributed by atoms with E-state index in [9.17, 15) is 4.79 Å².